The van der Waals surface area contributed by atoms with Crippen LogP contribution in [0.3, 0.4) is 0 Å². The molecule has 1 saturated carbocycles. The number of rotatable bonds is 6. The van der Waals surface area contributed by atoms with E-state index in [0.717, 1.165) is 17.8 Å². The zero-order chi connectivity index (χ0) is 13.9. The second-order valence-electron chi connectivity index (χ2n) is 5.22. The molecular weight excluding hydrogens is 252 g/mol. The van der Waals surface area contributed by atoms with Gasteiger partial charge >= 0.3 is 0 Å². The van der Waals surface area contributed by atoms with E-state index in [1.807, 2.05) is 36.8 Å². The molecule has 0 aliphatic heterocycles. The van der Waals surface area contributed by atoms with Gasteiger partial charge in [-0.2, -0.15) is 0 Å². The van der Waals surface area contributed by atoms with E-state index in [-0.39, 0.29) is 12.3 Å². The van der Waals surface area contributed by atoms with Crippen LogP contribution in [-0.4, -0.2) is 15.5 Å². The van der Waals surface area contributed by atoms with Crippen LogP contribution in [0.2, 0.25) is 0 Å². The molecule has 1 amide bonds. The Morgan fingerprint density at radius 2 is 2.10 bits per heavy atom. The molecular formula is C15H18N4O. The van der Waals surface area contributed by atoms with Crippen molar-refractivity contribution >= 4 is 11.6 Å². The number of nitrogens with two attached hydrogens (primary N) is 1. The molecule has 0 bridgehead atoms. The molecule has 5 nitrogen and oxygen atoms in total. The number of carbonyl (C=O) groups is 1. The first-order valence-electron chi connectivity index (χ1n) is 6.84. The summed E-state index contributed by atoms with van der Waals surface area (Å²) in [6.45, 7) is 0.756. The summed E-state index contributed by atoms with van der Waals surface area (Å²) in [7, 11) is 0. The first-order valence-corrected chi connectivity index (χ1v) is 6.84. The molecule has 1 aromatic heterocycles. The topological polar surface area (TPSA) is 72.9 Å². The smallest absolute Gasteiger partial charge is 0.221 e. The molecule has 104 valence electrons. The van der Waals surface area contributed by atoms with E-state index in [1.165, 1.54) is 18.5 Å². The van der Waals surface area contributed by atoms with E-state index in [9.17, 15) is 4.79 Å². The second-order valence-corrected chi connectivity index (χ2v) is 5.22. The molecule has 0 unspecified atom stereocenters. The van der Waals surface area contributed by atoms with Gasteiger partial charge in [0, 0.05) is 17.9 Å². The largest absolute Gasteiger partial charge is 0.379 e. The summed E-state index contributed by atoms with van der Waals surface area (Å²) in [5.74, 6) is -0.306. The maximum absolute atomic E-state index is 10.8. The molecule has 1 fully saturated rings. The van der Waals surface area contributed by atoms with E-state index >= 15 is 0 Å². The van der Waals surface area contributed by atoms with Crippen LogP contribution in [0.15, 0.2) is 36.8 Å². The van der Waals surface area contributed by atoms with Crippen molar-refractivity contribution in [3.8, 4) is 0 Å². The van der Waals surface area contributed by atoms with Gasteiger partial charge in [-0.15, -0.1) is 0 Å². The van der Waals surface area contributed by atoms with Gasteiger partial charge in [0.15, 0.2) is 0 Å². The van der Waals surface area contributed by atoms with Crippen molar-refractivity contribution in [1.82, 2.24) is 9.55 Å². The zero-order valence-electron chi connectivity index (χ0n) is 11.2. The Bertz CT molecular complexity index is 599. The van der Waals surface area contributed by atoms with Gasteiger partial charge in [0.2, 0.25) is 5.91 Å². The lowest BCUT2D eigenvalue weighted by atomic mass is 10.1. The number of benzene rings is 1. The molecule has 0 spiro atoms. The van der Waals surface area contributed by atoms with Gasteiger partial charge in [-0.1, -0.05) is 12.1 Å². The van der Waals surface area contributed by atoms with Crippen LogP contribution in [0.25, 0.3) is 0 Å². The first kappa shape index (κ1) is 12.7. The third-order valence-corrected chi connectivity index (χ3v) is 3.49. The summed E-state index contributed by atoms with van der Waals surface area (Å²) >= 11 is 0. The number of nitrogens with one attached hydrogen (secondary N) is 1. The minimum absolute atomic E-state index is 0.286. The average Bonchev–Trinajstić information content (AvgIpc) is 3.16. The number of aromatic nitrogens is 2. The molecule has 0 saturated heterocycles. The maximum Gasteiger partial charge on any atom is 0.221 e. The van der Waals surface area contributed by atoms with Crippen molar-refractivity contribution < 1.29 is 4.79 Å². The van der Waals surface area contributed by atoms with Crippen molar-refractivity contribution in [3.05, 3.63) is 48.0 Å². The van der Waals surface area contributed by atoms with Crippen LogP contribution in [0.4, 0.5) is 5.69 Å². The van der Waals surface area contributed by atoms with Crippen LogP contribution < -0.4 is 11.1 Å². The Kier molecular flexibility index (Phi) is 3.41. The molecule has 1 aliphatic rings. The summed E-state index contributed by atoms with van der Waals surface area (Å²) in [6.07, 6.45) is 6.61. The zero-order valence-corrected chi connectivity index (χ0v) is 11.2. The van der Waals surface area contributed by atoms with Crippen molar-refractivity contribution in [3.63, 3.8) is 0 Å². The van der Waals surface area contributed by atoms with E-state index in [4.69, 9.17) is 5.73 Å². The summed E-state index contributed by atoms with van der Waals surface area (Å²) in [4.78, 5) is 15.1. The molecule has 3 N–H and O–H groups in total. The van der Waals surface area contributed by atoms with Gasteiger partial charge in [-0.05, 0) is 30.5 Å². The number of nitrogens with zero attached hydrogens (tertiary/aromatic N) is 2. The molecule has 5 heteroatoms. The highest BCUT2D eigenvalue weighted by Crippen LogP contribution is 2.35. The number of anilines is 1. The lowest BCUT2D eigenvalue weighted by Crippen LogP contribution is -2.13. The standard InChI is InChI=1S/C15H18N4O/c16-15(20)7-11-1-3-12(4-2-11)18-9-14-8-17-10-19(14)13-5-6-13/h1-4,8,10,13,18H,5-7,9H2,(H2,16,20). The summed E-state index contributed by atoms with van der Waals surface area (Å²) < 4.78 is 2.24. The number of amides is 1. The minimum atomic E-state index is -0.306. The third kappa shape index (κ3) is 2.99. The van der Waals surface area contributed by atoms with E-state index in [2.05, 4.69) is 14.9 Å². The van der Waals surface area contributed by atoms with Crippen molar-refractivity contribution in [2.24, 2.45) is 5.73 Å². The molecule has 0 radical (unpaired) electrons. The Hall–Kier alpha value is -2.30. The number of hydrogen-bond donors (Lipinski definition) is 2. The quantitative estimate of drug-likeness (QED) is 0.841. The highest BCUT2D eigenvalue weighted by Gasteiger charge is 2.24. The molecule has 1 aliphatic carbocycles. The number of carbonyl (C=O) groups excluding carboxylic acids is 1. The predicted octanol–water partition coefficient (Wildman–Crippen LogP) is 1.86. The monoisotopic (exact) mass is 270 g/mol. The van der Waals surface area contributed by atoms with Gasteiger partial charge in [0.25, 0.3) is 0 Å². The van der Waals surface area contributed by atoms with Crippen molar-refractivity contribution in [2.75, 3.05) is 5.32 Å². The normalized spacial score (nSPS) is 14.2. The third-order valence-electron chi connectivity index (χ3n) is 3.49. The second kappa shape index (κ2) is 5.36. The van der Waals surface area contributed by atoms with Crippen LogP contribution in [-0.2, 0) is 17.8 Å². The Morgan fingerprint density at radius 1 is 1.35 bits per heavy atom. The summed E-state index contributed by atoms with van der Waals surface area (Å²) in [6, 6.07) is 8.43. The molecule has 0 atom stereocenters. The number of primary amides is 1. The highest BCUT2D eigenvalue weighted by atomic mass is 16.1. The maximum atomic E-state index is 10.8. The number of hydrogen-bond acceptors (Lipinski definition) is 3. The predicted molar refractivity (Wildman–Crippen MR) is 77.2 cm³/mol. The molecule has 1 aromatic carbocycles. The fourth-order valence-electron chi connectivity index (χ4n) is 2.28. The molecule has 20 heavy (non-hydrogen) atoms. The van der Waals surface area contributed by atoms with Crippen LogP contribution in [0.5, 0.6) is 0 Å². The molecule has 2 aromatic rings. The van der Waals surface area contributed by atoms with E-state index in [0.29, 0.717) is 6.04 Å². The van der Waals surface area contributed by atoms with Crippen LogP contribution in [0, 0.1) is 0 Å². The van der Waals surface area contributed by atoms with E-state index in [1.54, 1.807) is 0 Å². The van der Waals surface area contributed by atoms with Gasteiger partial charge in [-0.3, -0.25) is 4.79 Å². The Balaban J connectivity index is 1.60. The van der Waals surface area contributed by atoms with Crippen molar-refractivity contribution in [1.29, 1.82) is 0 Å². The SMILES string of the molecule is NC(=O)Cc1ccc(NCc2cncn2C2CC2)cc1. The molecule has 1 heterocycles. The summed E-state index contributed by atoms with van der Waals surface area (Å²) in [5, 5.41) is 3.37. The van der Waals surface area contributed by atoms with Gasteiger partial charge < -0.3 is 15.6 Å². The van der Waals surface area contributed by atoms with Crippen LogP contribution in [0.1, 0.15) is 30.1 Å². The van der Waals surface area contributed by atoms with Gasteiger partial charge in [0.05, 0.1) is 25.0 Å². The van der Waals surface area contributed by atoms with E-state index < -0.39 is 0 Å². The lowest BCUT2D eigenvalue weighted by molar-refractivity contribution is -0.117. The average molecular weight is 270 g/mol. The van der Waals surface area contributed by atoms with Crippen molar-refractivity contribution in [2.45, 2.75) is 31.8 Å². The molecule has 3 rings (SSSR count). The highest BCUT2D eigenvalue weighted by molar-refractivity contribution is 5.76. The van der Waals surface area contributed by atoms with Crippen LogP contribution >= 0.6 is 0 Å². The first-order chi connectivity index (χ1) is 9.72. The lowest BCUT2D eigenvalue weighted by Gasteiger charge is -2.09. The fourth-order valence-corrected chi connectivity index (χ4v) is 2.28. The Labute approximate surface area is 117 Å². The van der Waals surface area contributed by atoms with Gasteiger partial charge in [0.1, 0.15) is 0 Å². The Morgan fingerprint density at radius 3 is 2.75 bits per heavy atom. The fraction of sp³-hybridized carbons (Fsp3) is 0.333. The minimum Gasteiger partial charge on any atom is -0.379 e. The summed E-state index contributed by atoms with van der Waals surface area (Å²) in [5.41, 5.74) is 8.34. The van der Waals surface area contributed by atoms with Gasteiger partial charge in [-0.25, -0.2) is 4.98 Å². The number of imidazole rings is 1.